The first kappa shape index (κ1) is 17.4. The Morgan fingerprint density at radius 3 is 2.67 bits per heavy atom. The number of methoxy groups -OCH3 is 1. The molecule has 3 aromatic rings. The minimum atomic E-state index is -0.355. The lowest BCUT2D eigenvalue weighted by Gasteiger charge is -2.33. The van der Waals surface area contributed by atoms with Crippen molar-refractivity contribution in [3.63, 3.8) is 0 Å². The number of halogens is 1. The molecule has 1 saturated heterocycles. The number of aromatic nitrogens is 2. The maximum absolute atomic E-state index is 13.0. The Hall–Kier alpha value is -3.06. The van der Waals surface area contributed by atoms with E-state index >= 15 is 0 Å². The van der Waals surface area contributed by atoms with Crippen LogP contribution in [0.4, 0.5) is 10.5 Å². The molecule has 0 unspecified atom stereocenters. The van der Waals surface area contributed by atoms with Crippen molar-refractivity contribution >= 4 is 34.7 Å². The van der Waals surface area contributed by atoms with E-state index in [0.717, 1.165) is 16.8 Å². The second kappa shape index (κ2) is 6.92. The Balaban J connectivity index is 1.61. The Bertz CT molecular complexity index is 1020. The molecule has 0 bridgehead atoms. The Kier molecular flexibility index (Phi) is 4.45. The zero-order valence-electron chi connectivity index (χ0n) is 14.6. The Morgan fingerprint density at radius 1 is 1.15 bits per heavy atom. The number of hydrogen-bond donors (Lipinski definition) is 0. The van der Waals surface area contributed by atoms with Crippen molar-refractivity contribution in [2.45, 2.75) is 13.0 Å². The van der Waals surface area contributed by atoms with Crippen LogP contribution in [0.25, 0.3) is 5.52 Å². The molecule has 3 heterocycles. The van der Waals surface area contributed by atoms with E-state index in [1.165, 1.54) is 4.90 Å². The number of rotatable bonds is 4. The minimum Gasteiger partial charge on any atom is -0.497 e. The summed E-state index contributed by atoms with van der Waals surface area (Å²) in [6.45, 7) is 0.532. The fourth-order valence-electron chi connectivity index (χ4n) is 3.14. The first-order valence-electron chi connectivity index (χ1n) is 8.44. The van der Waals surface area contributed by atoms with Gasteiger partial charge < -0.3 is 4.74 Å². The molecular formula is C19H17ClN4O3. The molecule has 138 valence electrons. The summed E-state index contributed by atoms with van der Waals surface area (Å²) >= 11 is 5.99. The zero-order chi connectivity index (χ0) is 19.0. The highest BCUT2D eigenvalue weighted by Gasteiger charge is 2.34. The van der Waals surface area contributed by atoms with Crippen LogP contribution in [0.3, 0.4) is 0 Å². The van der Waals surface area contributed by atoms with Crippen LogP contribution in [0.15, 0.2) is 48.8 Å². The molecule has 0 atom stereocenters. The third kappa shape index (κ3) is 3.21. The molecule has 1 aromatic carbocycles. The van der Waals surface area contributed by atoms with Crippen molar-refractivity contribution in [1.82, 2.24) is 14.5 Å². The van der Waals surface area contributed by atoms with Gasteiger partial charge in [0.2, 0.25) is 5.91 Å². The summed E-state index contributed by atoms with van der Waals surface area (Å²) in [5.41, 5.74) is 2.27. The van der Waals surface area contributed by atoms with Crippen LogP contribution in [0.1, 0.15) is 12.0 Å². The summed E-state index contributed by atoms with van der Waals surface area (Å²) in [4.78, 5) is 28.2. The monoisotopic (exact) mass is 384 g/mol. The van der Waals surface area contributed by atoms with Crippen molar-refractivity contribution in [2.24, 2.45) is 0 Å². The number of hydrogen-bond acceptors (Lipinski definition) is 4. The molecule has 0 saturated carbocycles. The smallest absolute Gasteiger partial charge is 0.331 e. The molecule has 0 spiro atoms. The fraction of sp³-hybridized carbons (Fsp3) is 0.211. The maximum atomic E-state index is 13.0. The van der Waals surface area contributed by atoms with E-state index in [-0.39, 0.29) is 24.9 Å². The van der Waals surface area contributed by atoms with Gasteiger partial charge in [0.1, 0.15) is 5.75 Å². The maximum Gasteiger partial charge on any atom is 0.331 e. The number of urea groups is 1. The van der Waals surface area contributed by atoms with Gasteiger partial charge in [-0.15, -0.1) is 0 Å². The third-order valence-electron chi connectivity index (χ3n) is 4.56. The highest BCUT2D eigenvalue weighted by Crippen LogP contribution is 2.27. The predicted octanol–water partition coefficient (Wildman–Crippen LogP) is 3.36. The number of carbonyl (C=O) groups is 2. The molecule has 0 radical (unpaired) electrons. The molecule has 1 fully saturated rings. The van der Waals surface area contributed by atoms with Crippen molar-refractivity contribution < 1.29 is 14.3 Å². The lowest BCUT2D eigenvalue weighted by atomic mass is 10.1. The Morgan fingerprint density at radius 2 is 1.93 bits per heavy atom. The summed E-state index contributed by atoms with van der Waals surface area (Å²) in [5, 5.41) is 4.81. The van der Waals surface area contributed by atoms with Gasteiger partial charge in [-0.3, -0.25) is 14.6 Å². The van der Waals surface area contributed by atoms with Gasteiger partial charge >= 0.3 is 6.03 Å². The molecule has 27 heavy (non-hydrogen) atoms. The number of carbonyl (C=O) groups excluding carboxylic acids is 2. The number of imide groups is 1. The second-order valence-electron chi connectivity index (χ2n) is 6.22. The largest absolute Gasteiger partial charge is 0.497 e. The quantitative estimate of drug-likeness (QED) is 0.691. The van der Waals surface area contributed by atoms with Gasteiger partial charge in [-0.25, -0.2) is 9.31 Å². The van der Waals surface area contributed by atoms with Crippen LogP contribution in [-0.2, 0) is 11.3 Å². The average Bonchev–Trinajstić information content (AvgIpc) is 3.08. The summed E-state index contributed by atoms with van der Waals surface area (Å²) in [6.07, 6.45) is 3.55. The third-order valence-corrected chi connectivity index (χ3v) is 4.79. The molecule has 4 rings (SSSR count). The highest BCUT2D eigenvalue weighted by atomic mass is 35.5. The summed E-state index contributed by atoms with van der Waals surface area (Å²) in [5.74, 6) is 0.535. The van der Waals surface area contributed by atoms with E-state index in [1.807, 2.05) is 18.2 Å². The van der Waals surface area contributed by atoms with Crippen molar-refractivity contribution in [3.8, 4) is 5.75 Å². The normalized spacial score (nSPS) is 14.9. The fourth-order valence-corrected chi connectivity index (χ4v) is 3.29. The molecule has 7 nitrogen and oxygen atoms in total. The van der Waals surface area contributed by atoms with E-state index in [1.54, 1.807) is 47.1 Å². The van der Waals surface area contributed by atoms with Crippen LogP contribution in [0.5, 0.6) is 5.75 Å². The van der Waals surface area contributed by atoms with Crippen LogP contribution >= 0.6 is 11.6 Å². The lowest BCUT2D eigenvalue weighted by molar-refractivity contribution is -0.129. The van der Waals surface area contributed by atoms with Crippen LogP contribution in [-0.4, -0.2) is 40.1 Å². The first-order chi connectivity index (χ1) is 13.1. The summed E-state index contributed by atoms with van der Waals surface area (Å²) in [6, 6.07) is 10.5. The molecule has 1 aliphatic rings. The van der Waals surface area contributed by atoms with E-state index < -0.39 is 0 Å². The number of amides is 3. The van der Waals surface area contributed by atoms with E-state index in [9.17, 15) is 9.59 Å². The topological polar surface area (TPSA) is 67.2 Å². The van der Waals surface area contributed by atoms with Crippen LogP contribution in [0, 0.1) is 0 Å². The lowest BCUT2D eigenvalue weighted by Crippen LogP contribution is -2.52. The standard InChI is InChI=1S/C19H17ClN4O3/c1-27-15-5-2-13(3-6-15)11-23-18(25)8-9-22(19(23)26)17-10-21-24-12-14(20)4-7-16(17)24/h2-7,10,12H,8-9,11H2,1H3. The van der Waals surface area contributed by atoms with Gasteiger partial charge in [0.25, 0.3) is 0 Å². The Labute approximate surface area is 160 Å². The minimum absolute atomic E-state index is 0.188. The number of ether oxygens (including phenoxy) is 1. The van der Waals surface area contributed by atoms with Crippen molar-refractivity contribution in [2.75, 3.05) is 18.6 Å². The molecule has 0 aliphatic carbocycles. The van der Waals surface area contributed by atoms with E-state index in [4.69, 9.17) is 16.3 Å². The van der Waals surface area contributed by atoms with Crippen LogP contribution < -0.4 is 9.64 Å². The van der Waals surface area contributed by atoms with Gasteiger partial charge in [0.05, 0.1) is 36.1 Å². The zero-order valence-corrected chi connectivity index (χ0v) is 15.4. The van der Waals surface area contributed by atoms with E-state index in [0.29, 0.717) is 17.3 Å². The van der Waals surface area contributed by atoms with Gasteiger partial charge in [-0.05, 0) is 29.8 Å². The first-order valence-corrected chi connectivity index (χ1v) is 8.82. The van der Waals surface area contributed by atoms with Gasteiger partial charge in [0, 0.05) is 19.2 Å². The molecular weight excluding hydrogens is 368 g/mol. The van der Waals surface area contributed by atoms with Gasteiger partial charge in [0.15, 0.2) is 0 Å². The molecule has 2 aromatic heterocycles. The molecule has 3 amide bonds. The summed E-state index contributed by atoms with van der Waals surface area (Å²) in [7, 11) is 1.59. The second-order valence-corrected chi connectivity index (χ2v) is 6.66. The number of benzene rings is 1. The van der Waals surface area contributed by atoms with Gasteiger partial charge in [-0.2, -0.15) is 5.10 Å². The number of fused-ring (bicyclic) bond motifs is 1. The number of pyridine rings is 1. The van der Waals surface area contributed by atoms with Gasteiger partial charge in [-0.1, -0.05) is 23.7 Å². The average molecular weight is 385 g/mol. The van der Waals surface area contributed by atoms with Crippen molar-refractivity contribution in [3.05, 3.63) is 59.4 Å². The number of nitrogens with zero attached hydrogens (tertiary/aromatic N) is 4. The summed E-state index contributed by atoms with van der Waals surface area (Å²) < 4.78 is 6.76. The predicted molar refractivity (Wildman–Crippen MR) is 101 cm³/mol. The van der Waals surface area contributed by atoms with Crippen LogP contribution in [0.2, 0.25) is 5.02 Å². The molecule has 1 aliphatic heterocycles. The molecule has 8 heteroatoms. The SMILES string of the molecule is COc1ccc(CN2C(=O)CCN(c3cnn4cc(Cl)ccc34)C2=O)cc1. The van der Waals surface area contributed by atoms with Crippen molar-refractivity contribution in [1.29, 1.82) is 0 Å². The van der Waals surface area contributed by atoms with E-state index in [2.05, 4.69) is 5.10 Å². The number of anilines is 1. The highest BCUT2D eigenvalue weighted by molar-refractivity contribution is 6.30. The molecule has 0 N–H and O–H groups in total.